The average Bonchev–Trinajstić information content (AvgIpc) is 2.71. The van der Waals surface area contributed by atoms with Gasteiger partial charge in [0.15, 0.2) is 0 Å². The smallest absolute Gasteiger partial charge is 0.242 e. The number of benzene rings is 3. The summed E-state index contributed by atoms with van der Waals surface area (Å²) in [6.07, 6.45) is 0.165. The minimum absolute atomic E-state index is 0.110. The van der Waals surface area contributed by atoms with Gasteiger partial charge in [-0.2, -0.15) is 4.72 Å². The number of amides is 1. The summed E-state index contributed by atoms with van der Waals surface area (Å²) in [6.45, 7) is 3.90. The van der Waals surface area contributed by atoms with Crippen LogP contribution in [0.4, 0.5) is 10.1 Å². The summed E-state index contributed by atoms with van der Waals surface area (Å²) in [6, 6.07) is 18.0. The topological polar surface area (TPSA) is 75.3 Å². The Kier molecular flexibility index (Phi) is 6.64. The van der Waals surface area contributed by atoms with E-state index in [9.17, 15) is 17.6 Å². The number of halogens is 1. The number of anilines is 1. The molecule has 3 aromatic rings. The summed E-state index contributed by atoms with van der Waals surface area (Å²) in [5.74, 6) is -1.02. The van der Waals surface area contributed by atoms with E-state index in [1.54, 1.807) is 6.07 Å². The van der Waals surface area contributed by atoms with Crippen LogP contribution in [0.1, 0.15) is 16.7 Å². The van der Waals surface area contributed by atoms with Crippen LogP contribution >= 0.6 is 0 Å². The molecule has 0 bridgehead atoms. The second-order valence-electron chi connectivity index (χ2n) is 7.11. The fourth-order valence-corrected chi connectivity index (χ4v) is 4.15. The van der Waals surface area contributed by atoms with Crippen molar-refractivity contribution in [3.8, 4) is 0 Å². The van der Waals surface area contributed by atoms with E-state index in [-0.39, 0.29) is 11.3 Å². The number of aryl methyl sites for hydroxylation is 2. The zero-order valence-corrected chi connectivity index (χ0v) is 17.5. The van der Waals surface area contributed by atoms with Crippen molar-refractivity contribution in [1.29, 1.82) is 0 Å². The second-order valence-corrected chi connectivity index (χ2v) is 8.82. The van der Waals surface area contributed by atoms with Crippen LogP contribution in [-0.4, -0.2) is 20.4 Å². The molecule has 1 amide bonds. The predicted molar refractivity (Wildman–Crippen MR) is 115 cm³/mol. The second kappa shape index (κ2) is 9.19. The highest BCUT2D eigenvalue weighted by Gasteiger charge is 2.26. The average molecular weight is 427 g/mol. The van der Waals surface area contributed by atoms with Crippen molar-refractivity contribution >= 4 is 21.6 Å². The molecule has 0 aromatic heterocycles. The lowest BCUT2D eigenvalue weighted by molar-refractivity contribution is -0.117. The summed E-state index contributed by atoms with van der Waals surface area (Å²) in [5, 5.41) is 2.79. The van der Waals surface area contributed by atoms with Gasteiger partial charge in [-0.1, -0.05) is 36.4 Å². The van der Waals surface area contributed by atoms with Gasteiger partial charge in [-0.3, -0.25) is 4.79 Å². The number of carbonyl (C=O) groups excluding carboxylic acids is 1. The van der Waals surface area contributed by atoms with Crippen LogP contribution in [-0.2, 0) is 21.2 Å². The van der Waals surface area contributed by atoms with Gasteiger partial charge in [0.1, 0.15) is 11.9 Å². The zero-order chi connectivity index (χ0) is 21.7. The summed E-state index contributed by atoms with van der Waals surface area (Å²) >= 11 is 0. The summed E-state index contributed by atoms with van der Waals surface area (Å²) < 4.78 is 41.2. The van der Waals surface area contributed by atoms with Crippen molar-refractivity contribution in [2.45, 2.75) is 31.2 Å². The largest absolute Gasteiger partial charge is 0.325 e. The first-order chi connectivity index (χ1) is 14.2. The molecule has 2 N–H and O–H groups in total. The SMILES string of the molecule is Cc1ccc(NC(=O)[C@@H](Cc2ccccc2)NS(=O)(=O)c2ccc(F)cc2)cc1C. The third-order valence-electron chi connectivity index (χ3n) is 4.79. The number of hydrogen-bond acceptors (Lipinski definition) is 3. The van der Waals surface area contributed by atoms with E-state index in [4.69, 9.17) is 0 Å². The first kappa shape index (κ1) is 21.7. The van der Waals surface area contributed by atoms with E-state index in [0.29, 0.717) is 5.69 Å². The molecule has 5 nitrogen and oxygen atoms in total. The summed E-state index contributed by atoms with van der Waals surface area (Å²) in [7, 11) is -4.03. The van der Waals surface area contributed by atoms with E-state index in [1.165, 1.54) is 12.1 Å². The molecule has 0 radical (unpaired) electrons. The van der Waals surface area contributed by atoms with E-state index >= 15 is 0 Å². The Labute approximate surface area is 176 Å². The van der Waals surface area contributed by atoms with Gasteiger partial charge in [0.05, 0.1) is 4.90 Å². The van der Waals surface area contributed by atoms with Crippen LogP contribution in [0, 0.1) is 19.7 Å². The molecular weight excluding hydrogens is 403 g/mol. The van der Waals surface area contributed by atoms with Crippen LogP contribution in [0.5, 0.6) is 0 Å². The number of carbonyl (C=O) groups is 1. The van der Waals surface area contributed by atoms with Gasteiger partial charge < -0.3 is 5.32 Å². The Hall–Kier alpha value is -3.03. The monoisotopic (exact) mass is 426 g/mol. The standard InChI is InChI=1S/C23H23FN2O3S/c1-16-8-11-20(14-17(16)2)25-23(27)22(15-18-6-4-3-5-7-18)26-30(28,29)21-12-9-19(24)10-13-21/h3-14,22,26H,15H2,1-2H3,(H,25,27)/t22-/m1/s1. The lowest BCUT2D eigenvalue weighted by Gasteiger charge is -2.19. The quantitative estimate of drug-likeness (QED) is 0.600. The van der Waals surface area contributed by atoms with Crippen LogP contribution in [0.25, 0.3) is 0 Å². The Bertz CT molecular complexity index is 1130. The van der Waals surface area contributed by atoms with Gasteiger partial charge in [0, 0.05) is 5.69 Å². The van der Waals surface area contributed by atoms with Gasteiger partial charge in [-0.15, -0.1) is 0 Å². The van der Waals surface area contributed by atoms with Crippen molar-refractivity contribution in [3.05, 3.63) is 95.3 Å². The Morgan fingerprint density at radius 2 is 1.60 bits per heavy atom. The molecule has 0 fully saturated rings. The molecule has 0 spiro atoms. The van der Waals surface area contributed by atoms with Gasteiger partial charge in [-0.05, 0) is 73.4 Å². The van der Waals surface area contributed by atoms with Crippen LogP contribution in [0.2, 0.25) is 0 Å². The van der Waals surface area contributed by atoms with Gasteiger partial charge >= 0.3 is 0 Å². The molecule has 3 rings (SSSR count). The van der Waals surface area contributed by atoms with Gasteiger partial charge in [0.25, 0.3) is 0 Å². The highest BCUT2D eigenvalue weighted by atomic mass is 32.2. The molecule has 0 saturated heterocycles. The maximum atomic E-state index is 13.2. The molecule has 0 aliphatic heterocycles. The normalized spacial score (nSPS) is 12.4. The first-order valence-electron chi connectivity index (χ1n) is 9.44. The molecule has 30 heavy (non-hydrogen) atoms. The minimum atomic E-state index is -4.03. The van der Waals surface area contributed by atoms with E-state index < -0.39 is 27.8 Å². The van der Waals surface area contributed by atoms with Gasteiger partial charge in [0.2, 0.25) is 15.9 Å². The number of hydrogen-bond donors (Lipinski definition) is 2. The maximum absolute atomic E-state index is 13.2. The van der Waals surface area contributed by atoms with Crippen molar-refractivity contribution in [1.82, 2.24) is 4.72 Å². The van der Waals surface area contributed by atoms with Crippen molar-refractivity contribution in [3.63, 3.8) is 0 Å². The number of rotatable bonds is 7. The molecule has 0 saturated carbocycles. The highest BCUT2D eigenvalue weighted by molar-refractivity contribution is 7.89. The first-order valence-corrected chi connectivity index (χ1v) is 10.9. The van der Waals surface area contributed by atoms with Gasteiger partial charge in [-0.25, -0.2) is 12.8 Å². The maximum Gasteiger partial charge on any atom is 0.242 e. The molecule has 0 aliphatic rings. The summed E-state index contributed by atoms with van der Waals surface area (Å²) in [4.78, 5) is 12.9. The van der Waals surface area contributed by atoms with E-state index in [1.807, 2.05) is 56.3 Å². The van der Waals surface area contributed by atoms with Crippen LogP contribution in [0.3, 0.4) is 0 Å². The van der Waals surface area contributed by atoms with Crippen LogP contribution in [0.15, 0.2) is 77.7 Å². The Morgan fingerprint density at radius 3 is 2.23 bits per heavy atom. The Balaban J connectivity index is 1.86. The minimum Gasteiger partial charge on any atom is -0.325 e. The molecule has 7 heteroatoms. The highest BCUT2D eigenvalue weighted by Crippen LogP contribution is 2.16. The van der Waals surface area contributed by atoms with Crippen molar-refractivity contribution in [2.24, 2.45) is 0 Å². The Morgan fingerprint density at radius 1 is 0.933 bits per heavy atom. The van der Waals surface area contributed by atoms with Crippen molar-refractivity contribution < 1.29 is 17.6 Å². The third-order valence-corrected chi connectivity index (χ3v) is 6.28. The fraction of sp³-hybridized carbons (Fsp3) is 0.174. The number of sulfonamides is 1. The zero-order valence-electron chi connectivity index (χ0n) is 16.7. The molecule has 0 unspecified atom stereocenters. The lowest BCUT2D eigenvalue weighted by atomic mass is 10.1. The molecular formula is C23H23FN2O3S. The number of nitrogens with one attached hydrogen (secondary N) is 2. The lowest BCUT2D eigenvalue weighted by Crippen LogP contribution is -2.45. The van der Waals surface area contributed by atoms with E-state index in [2.05, 4.69) is 10.0 Å². The third kappa shape index (κ3) is 5.52. The molecule has 0 heterocycles. The van der Waals surface area contributed by atoms with Crippen LogP contribution < -0.4 is 10.0 Å². The fourth-order valence-electron chi connectivity index (χ4n) is 2.96. The van der Waals surface area contributed by atoms with E-state index in [0.717, 1.165) is 28.8 Å². The predicted octanol–water partition coefficient (Wildman–Crippen LogP) is 3.97. The summed E-state index contributed by atoms with van der Waals surface area (Å²) in [5.41, 5.74) is 3.49. The molecule has 0 aliphatic carbocycles. The molecule has 156 valence electrons. The molecule has 1 atom stereocenters. The van der Waals surface area contributed by atoms with Crippen molar-refractivity contribution in [2.75, 3.05) is 5.32 Å². The molecule has 3 aromatic carbocycles.